The van der Waals surface area contributed by atoms with Crippen LogP contribution in [-0.4, -0.2) is 74.3 Å². The second-order valence-corrected chi connectivity index (χ2v) is 7.88. The van der Waals surface area contributed by atoms with Crippen LogP contribution in [0.2, 0.25) is 0 Å². The van der Waals surface area contributed by atoms with Crippen LogP contribution in [0.3, 0.4) is 0 Å². The number of nitrogens with zero attached hydrogens (tertiary/aromatic N) is 3. The van der Waals surface area contributed by atoms with Gasteiger partial charge in [0.1, 0.15) is 0 Å². The van der Waals surface area contributed by atoms with Crippen LogP contribution in [0.1, 0.15) is 16.9 Å². The van der Waals surface area contributed by atoms with Gasteiger partial charge in [-0.3, -0.25) is 14.8 Å². The summed E-state index contributed by atoms with van der Waals surface area (Å²) >= 11 is 1.84. The average molecular weight is 517 g/mol. The van der Waals surface area contributed by atoms with Gasteiger partial charge in [0.25, 0.3) is 0 Å². The molecular weight excluding hydrogens is 490 g/mol. The summed E-state index contributed by atoms with van der Waals surface area (Å²) in [5.41, 5.74) is 1.43. The largest absolute Gasteiger partial charge is 0.401 e. The summed E-state index contributed by atoms with van der Waals surface area (Å²) in [6.07, 6.45) is -2.33. The predicted octanol–water partition coefficient (Wildman–Crippen LogP) is 2.53. The molecule has 0 radical (unpaired) electrons. The van der Waals surface area contributed by atoms with Gasteiger partial charge in [0.05, 0.1) is 6.54 Å². The number of rotatable bonds is 5. The summed E-state index contributed by atoms with van der Waals surface area (Å²) < 4.78 is 37.4. The third kappa shape index (κ3) is 7.06. The number of alkyl halides is 3. The lowest BCUT2D eigenvalue weighted by Gasteiger charge is -2.27. The van der Waals surface area contributed by atoms with Crippen LogP contribution >= 0.6 is 35.3 Å². The van der Waals surface area contributed by atoms with Gasteiger partial charge in [-0.25, -0.2) is 0 Å². The number of nitrogens with one attached hydrogen (secondary N) is 2. The van der Waals surface area contributed by atoms with E-state index in [1.54, 1.807) is 7.05 Å². The zero-order chi connectivity index (χ0) is 18.6. The van der Waals surface area contributed by atoms with Crippen molar-refractivity contribution >= 4 is 41.3 Å². The lowest BCUT2D eigenvalue weighted by Crippen LogP contribution is -2.47. The van der Waals surface area contributed by atoms with E-state index < -0.39 is 12.7 Å². The van der Waals surface area contributed by atoms with Crippen LogP contribution < -0.4 is 10.6 Å². The van der Waals surface area contributed by atoms with Gasteiger partial charge in [0, 0.05) is 57.2 Å². The minimum atomic E-state index is -4.13. The van der Waals surface area contributed by atoms with Crippen molar-refractivity contribution in [1.82, 2.24) is 20.4 Å². The standard InChI is InChI=1S/C17H26F3N5S.HI/c1-21-16(23-14-2-6-25(11-14)12-17(18,19)20)22-5-8-24-7-3-15-13(10-24)4-9-26-15;/h4,9,14H,2-3,5-8,10-12H2,1H3,(H2,21,22,23);1H. The van der Waals surface area contributed by atoms with E-state index >= 15 is 0 Å². The molecule has 0 bridgehead atoms. The fourth-order valence-corrected chi connectivity index (χ4v) is 4.46. The molecule has 2 N–H and O–H groups in total. The summed E-state index contributed by atoms with van der Waals surface area (Å²) in [6, 6.07) is 2.21. The quantitative estimate of drug-likeness (QED) is 0.358. The maximum atomic E-state index is 12.5. The fourth-order valence-electron chi connectivity index (χ4n) is 3.57. The number of hydrogen-bond acceptors (Lipinski definition) is 4. The number of hydrogen-bond donors (Lipinski definition) is 2. The molecule has 0 aromatic carbocycles. The van der Waals surface area contributed by atoms with Gasteiger partial charge >= 0.3 is 6.18 Å². The molecule has 10 heteroatoms. The van der Waals surface area contributed by atoms with Gasteiger partial charge in [-0.05, 0) is 29.9 Å². The first-order chi connectivity index (χ1) is 12.4. The molecule has 2 aliphatic heterocycles. The zero-order valence-corrected chi connectivity index (χ0v) is 18.5. The van der Waals surface area contributed by atoms with Crippen molar-refractivity contribution in [3.8, 4) is 0 Å². The second-order valence-electron chi connectivity index (χ2n) is 6.87. The highest BCUT2D eigenvalue weighted by Crippen LogP contribution is 2.23. The normalized spacial score (nSPS) is 21.6. The summed E-state index contributed by atoms with van der Waals surface area (Å²) in [4.78, 5) is 9.55. The molecule has 0 amide bonds. The lowest BCUT2D eigenvalue weighted by molar-refractivity contribution is -0.143. The van der Waals surface area contributed by atoms with Gasteiger partial charge in [-0.1, -0.05) is 0 Å². The zero-order valence-electron chi connectivity index (χ0n) is 15.4. The van der Waals surface area contributed by atoms with Gasteiger partial charge < -0.3 is 10.6 Å². The Bertz CT molecular complexity index is 622. The highest BCUT2D eigenvalue weighted by atomic mass is 127. The van der Waals surface area contributed by atoms with E-state index in [0.29, 0.717) is 25.5 Å². The van der Waals surface area contributed by atoms with Gasteiger partial charge in [0.2, 0.25) is 0 Å². The van der Waals surface area contributed by atoms with E-state index in [1.807, 2.05) is 11.3 Å². The highest BCUT2D eigenvalue weighted by Gasteiger charge is 2.34. The van der Waals surface area contributed by atoms with Crippen LogP contribution in [0.4, 0.5) is 13.2 Å². The van der Waals surface area contributed by atoms with Crippen molar-refractivity contribution in [2.24, 2.45) is 4.99 Å². The Labute approximate surface area is 179 Å². The molecule has 1 fully saturated rings. The van der Waals surface area contributed by atoms with E-state index in [-0.39, 0.29) is 30.0 Å². The van der Waals surface area contributed by atoms with Crippen molar-refractivity contribution in [2.45, 2.75) is 31.6 Å². The first-order valence-electron chi connectivity index (χ1n) is 8.97. The third-order valence-electron chi connectivity index (χ3n) is 4.85. The highest BCUT2D eigenvalue weighted by molar-refractivity contribution is 14.0. The van der Waals surface area contributed by atoms with Gasteiger partial charge in [-0.15, -0.1) is 35.3 Å². The van der Waals surface area contributed by atoms with Crippen molar-refractivity contribution < 1.29 is 13.2 Å². The fraction of sp³-hybridized carbons (Fsp3) is 0.706. The predicted molar refractivity (Wildman–Crippen MR) is 114 cm³/mol. The molecule has 1 saturated heterocycles. The average Bonchev–Trinajstić information content (AvgIpc) is 3.21. The van der Waals surface area contributed by atoms with E-state index in [2.05, 4.69) is 32.0 Å². The molecule has 1 unspecified atom stereocenters. The summed E-state index contributed by atoms with van der Waals surface area (Å²) in [6.45, 7) is 3.76. The van der Waals surface area contributed by atoms with E-state index in [4.69, 9.17) is 0 Å². The summed E-state index contributed by atoms with van der Waals surface area (Å²) in [7, 11) is 1.69. The Morgan fingerprint density at radius 2 is 2.15 bits per heavy atom. The van der Waals surface area contributed by atoms with Crippen molar-refractivity contribution in [1.29, 1.82) is 0 Å². The Morgan fingerprint density at radius 1 is 1.33 bits per heavy atom. The molecule has 0 spiro atoms. The molecule has 3 rings (SSSR count). The minimum Gasteiger partial charge on any atom is -0.355 e. The van der Waals surface area contributed by atoms with Gasteiger partial charge in [0.15, 0.2) is 5.96 Å². The molecule has 1 atom stereocenters. The summed E-state index contributed by atoms with van der Waals surface area (Å²) in [5, 5.41) is 8.68. The molecule has 27 heavy (non-hydrogen) atoms. The van der Waals surface area contributed by atoms with E-state index in [1.165, 1.54) is 15.3 Å². The van der Waals surface area contributed by atoms with Crippen LogP contribution in [0, 0.1) is 0 Å². The Hall–Kier alpha value is -0.590. The number of guanidine groups is 1. The minimum absolute atomic E-state index is 0. The Morgan fingerprint density at radius 3 is 2.89 bits per heavy atom. The van der Waals surface area contributed by atoms with Crippen molar-refractivity contribution in [3.63, 3.8) is 0 Å². The van der Waals surface area contributed by atoms with Crippen LogP contribution in [0.5, 0.6) is 0 Å². The van der Waals surface area contributed by atoms with E-state index in [9.17, 15) is 13.2 Å². The molecule has 0 saturated carbocycles. The Kier molecular flexibility index (Phi) is 8.63. The Balaban J connectivity index is 0.00000261. The topological polar surface area (TPSA) is 42.9 Å². The molecule has 0 aliphatic carbocycles. The molecule has 154 valence electrons. The molecule has 1 aromatic heterocycles. The SMILES string of the molecule is CN=C(NCCN1CCc2sccc2C1)NC1CCN(CC(F)(F)F)C1.I. The number of halogens is 4. The van der Waals surface area contributed by atoms with Crippen LogP contribution in [0.15, 0.2) is 16.4 Å². The maximum Gasteiger partial charge on any atom is 0.401 e. The number of aliphatic imine (C=N–C) groups is 1. The number of thiophene rings is 1. The number of fused-ring (bicyclic) bond motifs is 1. The van der Waals surface area contributed by atoms with Gasteiger partial charge in [-0.2, -0.15) is 13.2 Å². The molecule has 3 heterocycles. The first-order valence-corrected chi connectivity index (χ1v) is 9.85. The molecule has 1 aromatic rings. The van der Waals surface area contributed by atoms with Crippen LogP contribution in [0.25, 0.3) is 0 Å². The molecular formula is C17H27F3IN5S. The first kappa shape index (κ1) is 22.7. The summed E-state index contributed by atoms with van der Waals surface area (Å²) in [5.74, 6) is 0.664. The smallest absolute Gasteiger partial charge is 0.355 e. The molecule has 5 nitrogen and oxygen atoms in total. The number of likely N-dealkylation sites (tertiary alicyclic amines) is 1. The van der Waals surface area contributed by atoms with E-state index in [0.717, 1.165) is 32.6 Å². The maximum absolute atomic E-state index is 12.5. The van der Waals surface area contributed by atoms with Crippen LogP contribution in [-0.2, 0) is 13.0 Å². The van der Waals surface area contributed by atoms with Crippen molar-refractivity contribution in [3.05, 3.63) is 21.9 Å². The second kappa shape index (κ2) is 10.3. The lowest BCUT2D eigenvalue weighted by atomic mass is 10.1. The third-order valence-corrected chi connectivity index (χ3v) is 5.87. The molecule has 2 aliphatic rings. The monoisotopic (exact) mass is 517 g/mol. The van der Waals surface area contributed by atoms with Crippen molar-refractivity contribution in [2.75, 3.05) is 46.3 Å².